The maximum absolute atomic E-state index is 13.6. The van der Waals surface area contributed by atoms with Gasteiger partial charge < -0.3 is 4.90 Å². The van der Waals surface area contributed by atoms with Crippen molar-refractivity contribution in [2.75, 3.05) is 4.90 Å². The summed E-state index contributed by atoms with van der Waals surface area (Å²) >= 11 is 0. The fourth-order valence-corrected chi connectivity index (χ4v) is 4.41. The normalized spacial score (nSPS) is 16.1. The van der Waals surface area contributed by atoms with Gasteiger partial charge in [0.15, 0.2) is 0 Å². The molecule has 1 saturated heterocycles. The molecule has 3 aromatic rings. The van der Waals surface area contributed by atoms with E-state index in [9.17, 15) is 22.8 Å². The van der Waals surface area contributed by atoms with Gasteiger partial charge in [0.2, 0.25) is 15.9 Å². The average Bonchev–Trinajstić information content (AvgIpc) is 3.11. The topological polar surface area (TPSA) is 131 Å². The minimum Gasteiger partial charge on any atom is -0.322 e. The number of primary sulfonamides is 1. The van der Waals surface area contributed by atoms with Crippen LogP contribution in [0.1, 0.15) is 27.9 Å². The van der Waals surface area contributed by atoms with Crippen LogP contribution in [-0.4, -0.2) is 42.1 Å². The van der Waals surface area contributed by atoms with Crippen LogP contribution in [0.2, 0.25) is 0 Å². The summed E-state index contributed by atoms with van der Waals surface area (Å²) in [4.78, 5) is 46.1. The highest BCUT2D eigenvalue weighted by Gasteiger charge is 2.44. The van der Waals surface area contributed by atoms with Crippen LogP contribution in [0.15, 0.2) is 78.0 Å². The van der Waals surface area contributed by atoms with Gasteiger partial charge in [-0.15, -0.1) is 0 Å². The Balaban J connectivity index is 1.69. The molecule has 1 aliphatic rings. The van der Waals surface area contributed by atoms with E-state index < -0.39 is 27.9 Å². The number of amides is 3. The quantitative estimate of drug-likeness (QED) is 0.539. The Hall–Kier alpha value is -3.89. The smallest absolute Gasteiger partial charge is 0.257 e. The molecule has 10 heteroatoms. The number of benzene rings is 2. The molecule has 0 saturated carbocycles. The lowest BCUT2D eigenvalue weighted by Gasteiger charge is -2.28. The first-order valence-corrected chi connectivity index (χ1v) is 12.0. The second-order valence-electron chi connectivity index (χ2n) is 7.94. The molecular weight excluding hydrogens is 456 g/mol. The summed E-state index contributed by atoms with van der Waals surface area (Å²) < 4.78 is 23.1. The molecule has 0 bridgehead atoms. The Morgan fingerprint density at radius 3 is 2.41 bits per heavy atom. The number of hydrogen-bond donors (Lipinski definition) is 1. The van der Waals surface area contributed by atoms with E-state index in [2.05, 4.69) is 4.98 Å². The zero-order valence-electron chi connectivity index (χ0n) is 18.3. The van der Waals surface area contributed by atoms with Gasteiger partial charge in [-0.2, -0.15) is 0 Å². The van der Waals surface area contributed by atoms with E-state index in [1.54, 1.807) is 49.6 Å². The predicted molar refractivity (Wildman–Crippen MR) is 124 cm³/mol. The highest BCUT2D eigenvalue weighted by atomic mass is 32.2. The summed E-state index contributed by atoms with van der Waals surface area (Å²) in [6, 6.07) is 14.7. The van der Waals surface area contributed by atoms with E-state index in [0.717, 1.165) is 10.5 Å². The molecule has 0 spiro atoms. The van der Waals surface area contributed by atoms with Gasteiger partial charge in [0, 0.05) is 24.5 Å². The molecule has 1 atom stereocenters. The minimum absolute atomic E-state index is 0.0862. The molecule has 2 aromatic carbocycles. The van der Waals surface area contributed by atoms with Gasteiger partial charge in [-0.25, -0.2) is 18.5 Å². The zero-order valence-corrected chi connectivity index (χ0v) is 19.1. The number of pyridine rings is 1. The maximum Gasteiger partial charge on any atom is 0.257 e. The van der Waals surface area contributed by atoms with E-state index in [1.165, 1.54) is 29.2 Å². The average molecular weight is 479 g/mol. The first-order chi connectivity index (χ1) is 16.2. The number of nitrogens with two attached hydrogens (primary N) is 1. The van der Waals surface area contributed by atoms with Gasteiger partial charge in [-0.3, -0.25) is 19.4 Å². The van der Waals surface area contributed by atoms with E-state index >= 15 is 0 Å². The summed E-state index contributed by atoms with van der Waals surface area (Å²) in [7, 11) is -3.92. The molecule has 0 aliphatic carbocycles. The molecule has 0 radical (unpaired) electrons. The fourth-order valence-electron chi connectivity index (χ4n) is 3.90. The molecule has 2 heterocycles. The number of rotatable bonds is 6. The third-order valence-corrected chi connectivity index (χ3v) is 6.56. The third kappa shape index (κ3) is 4.59. The fraction of sp³-hybridized carbons (Fsp3) is 0.167. The second kappa shape index (κ2) is 9.16. The van der Waals surface area contributed by atoms with Gasteiger partial charge in [0.05, 0.1) is 17.0 Å². The van der Waals surface area contributed by atoms with Crippen molar-refractivity contribution < 1.29 is 22.8 Å². The van der Waals surface area contributed by atoms with E-state index in [-0.39, 0.29) is 29.5 Å². The molecule has 4 rings (SSSR count). The van der Waals surface area contributed by atoms with Crippen LogP contribution in [-0.2, 0) is 26.2 Å². The number of sulfonamides is 1. The molecular formula is C24H22N4O5S. The molecule has 1 aromatic heterocycles. The highest BCUT2D eigenvalue weighted by Crippen LogP contribution is 2.29. The highest BCUT2D eigenvalue weighted by molar-refractivity contribution is 7.89. The molecule has 34 heavy (non-hydrogen) atoms. The monoisotopic (exact) mass is 478 g/mol. The summed E-state index contributed by atoms with van der Waals surface area (Å²) in [6.45, 7) is 1.89. The van der Waals surface area contributed by atoms with Crippen molar-refractivity contribution in [2.45, 2.75) is 30.8 Å². The standard InChI is InChI=1S/C24H22N4O5S/c1-16-5-2-3-7-20(16)23(30)27(15-17-6-4-12-26-14-17)21-13-22(29)28(24(21)31)18-8-10-19(11-9-18)34(25,32)33/h2-12,14,21H,13,15H2,1H3,(H2,25,32,33). The number of carbonyl (C=O) groups excluding carboxylic acids is 3. The van der Waals surface area contributed by atoms with Gasteiger partial charge in [0.1, 0.15) is 6.04 Å². The van der Waals surface area contributed by atoms with Crippen LogP contribution in [0, 0.1) is 6.92 Å². The number of anilines is 1. The first kappa shape index (κ1) is 23.3. The summed E-state index contributed by atoms with van der Waals surface area (Å²) in [5.41, 5.74) is 2.09. The molecule has 3 amide bonds. The van der Waals surface area contributed by atoms with Crippen LogP contribution in [0.25, 0.3) is 0 Å². The van der Waals surface area contributed by atoms with Crippen molar-refractivity contribution in [1.29, 1.82) is 0 Å². The van der Waals surface area contributed by atoms with E-state index in [0.29, 0.717) is 11.1 Å². The minimum atomic E-state index is -3.92. The van der Waals surface area contributed by atoms with Crippen molar-refractivity contribution in [1.82, 2.24) is 9.88 Å². The summed E-state index contributed by atoms with van der Waals surface area (Å²) in [5, 5.41) is 5.13. The van der Waals surface area contributed by atoms with Crippen molar-refractivity contribution >= 4 is 33.4 Å². The second-order valence-corrected chi connectivity index (χ2v) is 9.50. The Labute approximate surface area is 196 Å². The lowest BCUT2D eigenvalue weighted by Crippen LogP contribution is -2.45. The number of aryl methyl sites for hydroxylation is 1. The van der Waals surface area contributed by atoms with Crippen LogP contribution in [0.4, 0.5) is 5.69 Å². The number of carbonyl (C=O) groups is 3. The number of hydrogen-bond acceptors (Lipinski definition) is 6. The van der Waals surface area contributed by atoms with Crippen LogP contribution in [0.5, 0.6) is 0 Å². The van der Waals surface area contributed by atoms with E-state index in [4.69, 9.17) is 5.14 Å². The number of nitrogens with zero attached hydrogens (tertiary/aromatic N) is 3. The van der Waals surface area contributed by atoms with Gasteiger partial charge in [-0.05, 0) is 54.4 Å². The van der Waals surface area contributed by atoms with Crippen LogP contribution >= 0.6 is 0 Å². The van der Waals surface area contributed by atoms with Gasteiger partial charge in [-0.1, -0.05) is 24.3 Å². The maximum atomic E-state index is 13.6. The molecule has 1 unspecified atom stereocenters. The molecule has 1 fully saturated rings. The molecule has 2 N–H and O–H groups in total. The Morgan fingerprint density at radius 1 is 1.09 bits per heavy atom. The largest absolute Gasteiger partial charge is 0.322 e. The summed E-state index contributed by atoms with van der Waals surface area (Å²) in [5.74, 6) is -1.44. The Kier molecular flexibility index (Phi) is 6.27. The van der Waals surface area contributed by atoms with Crippen molar-refractivity contribution in [3.8, 4) is 0 Å². The van der Waals surface area contributed by atoms with E-state index in [1.807, 2.05) is 6.07 Å². The van der Waals surface area contributed by atoms with Gasteiger partial charge in [0.25, 0.3) is 11.8 Å². The van der Waals surface area contributed by atoms with Crippen LogP contribution in [0.3, 0.4) is 0 Å². The first-order valence-electron chi connectivity index (χ1n) is 10.4. The van der Waals surface area contributed by atoms with Crippen molar-refractivity contribution in [3.63, 3.8) is 0 Å². The number of imide groups is 1. The van der Waals surface area contributed by atoms with Crippen LogP contribution < -0.4 is 10.0 Å². The lowest BCUT2D eigenvalue weighted by molar-refractivity contribution is -0.122. The molecule has 174 valence electrons. The number of aromatic nitrogens is 1. The third-order valence-electron chi connectivity index (χ3n) is 5.63. The Morgan fingerprint density at radius 2 is 1.79 bits per heavy atom. The predicted octanol–water partition coefficient (Wildman–Crippen LogP) is 2.01. The zero-order chi connectivity index (χ0) is 24.5. The summed E-state index contributed by atoms with van der Waals surface area (Å²) in [6.07, 6.45) is 3.00. The Bertz CT molecular complexity index is 1360. The van der Waals surface area contributed by atoms with Gasteiger partial charge >= 0.3 is 0 Å². The lowest BCUT2D eigenvalue weighted by atomic mass is 10.1. The molecule has 1 aliphatic heterocycles. The van der Waals surface area contributed by atoms with Crippen molar-refractivity contribution in [2.24, 2.45) is 5.14 Å². The SMILES string of the molecule is Cc1ccccc1C(=O)N(Cc1cccnc1)C1CC(=O)N(c2ccc(S(N)(=O)=O)cc2)C1=O. The van der Waals surface area contributed by atoms with Crippen molar-refractivity contribution in [3.05, 3.63) is 89.7 Å². The molecule has 9 nitrogen and oxygen atoms in total.